The molecule has 0 spiro atoms. The number of halogens is 3. The first-order valence-electron chi connectivity index (χ1n) is 10.6. The summed E-state index contributed by atoms with van der Waals surface area (Å²) < 4.78 is 41.3. The van der Waals surface area contributed by atoms with Crippen molar-refractivity contribution in [3.05, 3.63) is 64.1 Å². The van der Waals surface area contributed by atoms with Gasteiger partial charge in [0.25, 0.3) is 11.5 Å². The predicted molar refractivity (Wildman–Crippen MR) is 117 cm³/mol. The van der Waals surface area contributed by atoms with Gasteiger partial charge in [-0.1, -0.05) is 25.1 Å². The van der Waals surface area contributed by atoms with Gasteiger partial charge in [0.2, 0.25) is 0 Å². The van der Waals surface area contributed by atoms with Crippen LogP contribution in [-0.4, -0.2) is 28.8 Å². The van der Waals surface area contributed by atoms with E-state index in [2.05, 4.69) is 10.4 Å². The third-order valence-corrected chi connectivity index (χ3v) is 5.54. The van der Waals surface area contributed by atoms with Gasteiger partial charge in [0, 0.05) is 25.0 Å². The minimum atomic E-state index is -4.54. The summed E-state index contributed by atoms with van der Waals surface area (Å²) in [5.74, 6) is -0.661. The molecule has 2 aromatic carbocycles. The number of nitrogens with one attached hydrogen (secondary N) is 1. The van der Waals surface area contributed by atoms with Gasteiger partial charge < -0.3 is 10.2 Å². The first-order chi connectivity index (χ1) is 15.3. The molecule has 4 rings (SSSR count). The minimum Gasteiger partial charge on any atom is -0.370 e. The van der Waals surface area contributed by atoms with Gasteiger partial charge in [-0.3, -0.25) is 9.59 Å². The first-order valence-corrected chi connectivity index (χ1v) is 10.6. The van der Waals surface area contributed by atoms with Gasteiger partial charge in [-0.05, 0) is 43.5 Å². The number of carbonyl (C=O) groups is 1. The van der Waals surface area contributed by atoms with E-state index in [0.717, 1.165) is 25.0 Å². The molecular formula is C23H23F3N4O2. The van der Waals surface area contributed by atoms with Crippen LogP contribution in [-0.2, 0) is 12.7 Å². The van der Waals surface area contributed by atoms with E-state index in [1.807, 2.05) is 11.8 Å². The fraction of sp³-hybridized carbons (Fsp3) is 0.348. The van der Waals surface area contributed by atoms with Crippen LogP contribution in [0, 0.1) is 0 Å². The number of amides is 1. The lowest BCUT2D eigenvalue weighted by atomic mass is 10.1. The summed E-state index contributed by atoms with van der Waals surface area (Å²) in [7, 11) is 0. The Morgan fingerprint density at radius 2 is 1.78 bits per heavy atom. The maximum absolute atomic E-state index is 13.4. The molecule has 168 valence electrons. The van der Waals surface area contributed by atoms with E-state index in [1.165, 1.54) is 10.7 Å². The number of anilines is 2. The predicted octanol–water partition coefficient (Wildman–Crippen LogP) is 4.68. The zero-order chi connectivity index (χ0) is 22.9. The van der Waals surface area contributed by atoms with Gasteiger partial charge in [-0.25, -0.2) is 4.68 Å². The number of aromatic nitrogens is 2. The van der Waals surface area contributed by atoms with E-state index in [9.17, 15) is 22.8 Å². The minimum absolute atomic E-state index is 0.00145. The van der Waals surface area contributed by atoms with E-state index in [-0.39, 0.29) is 16.9 Å². The highest BCUT2D eigenvalue weighted by Gasteiger charge is 2.32. The monoisotopic (exact) mass is 444 g/mol. The summed E-state index contributed by atoms with van der Waals surface area (Å²) >= 11 is 0. The van der Waals surface area contributed by atoms with E-state index >= 15 is 0 Å². The second kappa shape index (κ2) is 8.64. The van der Waals surface area contributed by atoms with Crippen LogP contribution in [0.15, 0.2) is 47.3 Å². The fourth-order valence-electron chi connectivity index (χ4n) is 3.99. The van der Waals surface area contributed by atoms with Crippen molar-refractivity contribution < 1.29 is 18.0 Å². The Bertz CT molecular complexity index is 1210. The summed E-state index contributed by atoms with van der Waals surface area (Å²) in [6.45, 7) is 3.62. The summed E-state index contributed by atoms with van der Waals surface area (Å²) in [6, 6.07) is 9.98. The number of hydrogen-bond donors (Lipinski definition) is 1. The molecular weight excluding hydrogens is 421 g/mol. The molecule has 1 aliphatic heterocycles. The van der Waals surface area contributed by atoms with Crippen molar-refractivity contribution in [3.63, 3.8) is 0 Å². The quantitative estimate of drug-likeness (QED) is 0.621. The summed E-state index contributed by atoms with van der Waals surface area (Å²) in [5.41, 5.74) is -0.542. The second-order valence-corrected chi connectivity index (χ2v) is 7.80. The number of fused-ring (bicyclic) bond motifs is 1. The van der Waals surface area contributed by atoms with Crippen LogP contribution in [0.5, 0.6) is 0 Å². The highest BCUT2D eigenvalue weighted by atomic mass is 19.4. The van der Waals surface area contributed by atoms with E-state index < -0.39 is 17.6 Å². The number of nitrogens with zero attached hydrogens (tertiary/aromatic N) is 3. The molecule has 2 heterocycles. The number of carbonyl (C=O) groups excluding carboxylic acids is 1. The van der Waals surface area contributed by atoms with Gasteiger partial charge in [0.15, 0.2) is 5.69 Å². The largest absolute Gasteiger partial charge is 0.416 e. The molecule has 1 amide bonds. The van der Waals surface area contributed by atoms with Crippen LogP contribution in [0.25, 0.3) is 10.8 Å². The van der Waals surface area contributed by atoms with Crippen molar-refractivity contribution in [2.75, 3.05) is 23.3 Å². The van der Waals surface area contributed by atoms with Crippen molar-refractivity contribution in [2.45, 2.75) is 38.9 Å². The van der Waals surface area contributed by atoms with Gasteiger partial charge >= 0.3 is 6.18 Å². The maximum Gasteiger partial charge on any atom is 0.416 e. The molecule has 1 aliphatic rings. The standard InChI is InChI=1S/C23H23F3N4O2/c1-2-11-30-22(32)17-8-4-3-7-16(17)20(28-30)21(31)27-18-14-15(23(24,25)26)9-10-19(18)29-12-5-6-13-29/h3-4,7-10,14H,2,5-6,11-13H2,1H3,(H,27,31). The average molecular weight is 444 g/mol. The van der Waals surface area contributed by atoms with E-state index in [0.29, 0.717) is 42.5 Å². The van der Waals surface area contributed by atoms with E-state index in [4.69, 9.17) is 0 Å². The lowest BCUT2D eigenvalue weighted by Crippen LogP contribution is -2.28. The molecule has 1 N–H and O–H groups in total. The Hall–Kier alpha value is -3.36. The molecule has 1 fully saturated rings. The highest BCUT2D eigenvalue weighted by Crippen LogP contribution is 2.36. The topological polar surface area (TPSA) is 67.2 Å². The number of aryl methyl sites for hydroxylation is 1. The molecule has 0 radical (unpaired) electrons. The van der Waals surface area contributed by atoms with Crippen LogP contribution >= 0.6 is 0 Å². The lowest BCUT2D eigenvalue weighted by Gasteiger charge is -2.23. The average Bonchev–Trinajstić information content (AvgIpc) is 3.30. The van der Waals surface area contributed by atoms with Crippen LogP contribution in [0.2, 0.25) is 0 Å². The highest BCUT2D eigenvalue weighted by molar-refractivity contribution is 6.12. The van der Waals surface area contributed by atoms with Crippen molar-refractivity contribution in [2.24, 2.45) is 0 Å². The molecule has 1 saturated heterocycles. The van der Waals surface area contributed by atoms with Crippen molar-refractivity contribution in [1.82, 2.24) is 9.78 Å². The number of hydrogen-bond acceptors (Lipinski definition) is 4. The first kappa shape index (κ1) is 21.9. The van der Waals surface area contributed by atoms with Crippen LogP contribution in [0.1, 0.15) is 42.2 Å². The maximum atomic E-state index is 13.4. The Morgan fingerprint density at radius 1 is 1.09 bits per heavy atom. The van der Waals surface area contributed by atoms with Gasteiger partial charge in [-0.15, -0.1) is 0 Å². The Labute approximate surface area is 182 Å². The van der Waals surface area contributed by atoms with Gasteiger partial charge in [0.05, 0.1) is 22.3 Å². The second-order valence-electron chi connectivity index (χ2n) is 7.80. The molecule has 0 unspecified atom stereocenters. The van der Waals surface area contributed by atoms with Gasteiger partial charge in [0.1, 0.15) is 0 Å². The number of alkyl halides is 3. The van der Waals surface area contributed by atoms with Crippen LogP contribution < -0.4 is 15.8 Å². The van der Waals surface area contributed by atoms with Gasteiger partial charge in [-0.2, -0.15) is 18.3 Å². The zero-order valence-corrected chi connectivity index (χ0v) is 17.6. The number of benzene rings is 2. The molecule has 1 aromatic heterocycles. The normalized spacial score (nSPS) is 14.2. The third kappa shape index (κ3) is 4.19. The summed E-state index contributed by atoms with van der Waals surface area (Å²) in [4.78, 5) is 27.9. The summed E-state index contributed by atoms with van der Waals surface area (Å²) in [6.07, 6.45) is -2.04. The molecule has 0 aliphatic carbocycles. The molecule has 0 saturated carbocycles. The lowest BCUT2D eigenvalue weighted by molar-refractivity contribution is -0.137. The van der Waals surface area contributed by atoms with Crippen molar-refractivity contribution >= 4 is 28.1 Å². The molecule has 9 heteroatoms. The molecule has 0 bridgehead atoms. The number of rotatable bonds is 5. The Balaban J connectivity index is 1.79. The fourth-order valence-corrected chi connectivity index (χ4v) is 3.99. The smallest absolute Gasteiger partial charge is 0.370 e. The third-order valence-electron chi connectivity index (χ3n) is 5.54. The molecule has 32 heavy (non-hydrogen) atoms. The van der Waals surface area contributed by atoms with Crippen molar-refractivity contribution in [1.29, 1.82) is 0 Å². The molecule has 3 aromatic rings. The van der Waals surface area contributed by atoms with Crippen LogP contribution in [0.4, 0.5) is 24.5 Å². The molecule has 0 atom stereocenters. The molecule has 6 nitrogen and oxygen atoms in total. The SMILES string of the molecule is CCCn1nc(C(=O)Nc2cc(C(F)(F)F)ccc2N2CCCC2)c2ccccc2c1=O. The van der Waals surface area contributed by atoms with Crippen LogP contribution in [0.3, 0.4) is 0 Å². The zero-order valence-electron chi connectivity index (χ0n) is 17.6. The summed E-state index contributed by atoms with van der Waals surface area (Å²) in [5, 5.41) is 7.58. The Morgan fingerprint density at radius 3 is 2.44 bits per heavy atom. The van der Waals surface area contributed by atoms with Crippen molar-refractivity contribution in [3.8, 4) is 0 Å². The Kier molecular flexibility index (Phi) is 5.90. The van der Waals surface area contributed by atoms with E-state index in [1.54, 1.807) is 24.3 Å².